The molecule has 0 spiro atoms. The van der Waals surface area contributed by atoms with Crippen molar-refractivity contribution < 1.29 is 4.74 Å². The lowest BCUT2D eigenvalue weighted by Gasteiger charge is -2.15. The molecular formula is C13H30N2O. The molecule has 0 fully saturated rings. The Morgan fingerprint density at radius 1 is 1.12 bits per heavy atom. The lowest BCUT2D eigenvalue weighted by Crippen LogP contribution is -2.24. The molecule has 3 heteroatoms. The number of nitrogens with zero attached hydrogens (tertiary/aromatic N) is 1. The first-order valence-corrected chi connectivity index (χ1v) is 6.66. The summed E-state index contributed by atoms with van der Waals surface area (Å²) in [5.74, 6) is 0. The topological polar surface area (TPSA) is 24.5 Å². The van der Waals surface area contributed by atoms with Gasteiger partial charge in [0.05, 0.1) is 0 Å². The zero-order chi connectivity index (χ0) is 12.2. The maximum Gasteiger partial charge on any atom is 0.0478 e. The van der Waals surface area contributed by atoms with E-state index < -0.39 is 0 Å². The van der Waals surface area contributed by atoms with Gasteiger partial charge in [0.25, 0.3) is 0 Å². The highest BCUT2D eigenvalue weighted by Crippen LogP contribution is 1.91. The molecule has 0 saturated heterocycles. The van der Waals surface area contributed by atoms with Crippen LogP contribution in [0.3, 0.4) is 0 Å². The standard InChI is InChI=1S/C13H30N2O/c1-5-9-15(4)10-7-12-16-11-6-8-14-13(2)3/h13-14H,5-12H2,1-4H3. The minimum Gasteiger partial charge on any atom is -0.381 e. The monoisotopic (exact) mass is 230 g/mol. The Kier molecular flexibility index (Phi) is 11.3. The van der Waals surface area contributed by atoms with E-state index in [9.17, 15) is 0 Å². The molecule has 0 amide bonds. The van der Waals surface area contributed by atoms with Crippen LogP contribution < -0.4 is 5.32 Å². The molecule has 0 aromatic heterocycles. The summed E-state index contributed by atoms with van der Waals surface area (Å²) in [7, 11) is 2.18. The number of nitrogens with one attached hydrogen (secondary N) is 1. The first kappa shape index (κ1) is 15.9. The summed E-state index contributed by atoms with van der Waals surface area (Å²) in [6, 6.07) is 0.586. The minimum atomic E-state index is 0.586. The van der Waals surface area contributed by atoms with Crippen LogP contribution in [0.4, 0.5) is 0 Å². The smallest absolute Gasteiger partial charge is 0.0478 e. The van der Waals surface area contributed by atoms with Crippen LogP contribution in [0.15, 0.2) is 0 Å². The van der Waals surface area contributed by atoms with E-state index in [0.717, 1.165) is 39.1 Å². The van der Waals surface area contributed by atoms with Gasteiger partial charge in [-0.25, -0.2) is 0 Å². The van der Waals surface area contributed by atoms with E-state index in [1.807, 2.05) is 0 Å². The Bertz CT molecular complexity index is 140. The highest BCUT2D eigenvalue weighted by atomic mass is 16.5. The van der Waals surface area contributed by atoms with Gasteiger partial charge in [-0.3, -0.25) is 0 Å². The zero-order valence-electron chi connectivity index (χ0n) is 11.6. The highest BCUT2D eigenvalue weighted by molar-refractivity contribution is 4.52. The SMILES string of the molecule is CCCN(C)CCCOCCCNC(C)C. The molecule has 1 N–H and O–H groups in total. The molecule has 0 aromatic rings. The Labute approximate surface area is 102 Å². The van der Waals surface area contributed by atoms with Crippen molar-refractivity contribution in [3.63, 3.8) is 0 Å². The van der Waals surface area contributed by atoms with E-state index in [2.05, 4.69) is 38.0 Å². The summed E-state index contributed by atoms with van der Waals surface area (Å²) in [6.07, 6.45) is 3.50. The summed E-state index contributed by atoms with van der Waals surface area (Å²) in [5.41, 5.74) is 0. The molecular weight excluding hydrogens is 200 g/mol. The number of rotatable bonds is 11. The molecule has 16 heavy (non-hydrogen) atoms. The normalized spacial score (nSPS) is 11.6. The minimum absolute atomic E-state index is 0.586. The molecule has 0 bridgehead atoms. The van der Waals surface area contributed by atoms with Crippen LogP contribution in [0.2, 0.25) is 0 Å². The van der Waals surface area contributed by atoms with Gasteiger partial charge >= 0.3 is 0 Å². The molecule has 0 atom stereocenters. The average molecular weight is 230 g/mol. The average Bonchev–Trinajstić information content (AvgIpc) is 2.22. The van der Waals surface area contributed by atoms with Crippen LogP contribution in [-0.2, 0) is 4.74 Å². The third-order valence-corrected chi connectivity index (χ3v) is 2.45. The van der Waals surface area contributed by atoms with Crippen molar-refractivity contribution in [1.82, 2.24) is 10.2 Å². The van der Waals surface area contributed by atoms with Crippen LogP contribution in [-0.4, -0.2) is 50.8 Å². The van der Waals surface area contributed by atoms with Gasteiger partial charge in [0.2, 0.25) is 0 Å². The van der Waals surface area contributed by atoms with Crippen molar-refractivity contribution in [3.05, 3.63) is 0 Å². The van der Waals surface area contributed by atoms with Crippen LogP contribution in [0.25, 0.3) is 0 Å². The molecule has 98 valence electrons. The molecule has 0 radical (unpaired) electrons. The Hall–Kier alpha value is -0.120. The maximum absolute atomic E-state index is 5.58. The molecule has 0 aliphatic carbocycles. The summed E-state index contributed by atoms with van der Waals surface area (Å²) < 4.78 is 5.58. The largest absolute Gasteiger partial charge is 0.381 e. The van der Waals surface area contributed by atoms with E-state index in [1.165, 1.54) is 13.0 Å². The second-order valence-electron chi connectivity index (χ2n) is 4.73. The third kappa shape index (κ3) is 12.0. The highest BCUT2D eigenvalue weighted by Gasteiger charge is 1.96. The van der Waals surface area contributed by atoms with Gasteiger partial charge in [0.15, 0.2) is 0 Å². The molecule has 0 aliphatic heterocycles. The van der Waals surface area contributed by atoms with Crippen LogP contribution in [0.1, 0.15) is 40.0 Å². The predicted octanol–water partition coefficient (Wildman–Crippen LogP) is 2.12. The van der Waals surface area contributed by atoms with Gasteiger partial charge in [-0.15, -0.1) is 0 Å². The first-order chi connectivity index (χ1) is 7.66. The summed E-state index contributed by atoms with van der Waals surface area (Å²) >= 11 is 0. The number of hydrogen-bond acceptors (Lipinski definition) is 3. The van der Waals surface area contributed by atoms with Crippen LogP contribution >= 0.6 is 0 Å². The molecule has 0 unspecified atom stereocenters. The second-order valence-corrected chi connectivity index (χ2v) is 4.73. The lowest BCUT2D eigenvalue weighted by atomic mass is 10.3. The Morgan fingerprint density at radius 2 is 1.81 bits per heavy atom. The van der Waals surface area contributed by atoms with Gasteiger partial charge in [-0.05, 0) is 39.4 Å². The van der Waals surface area contributed by atoms with E-state index in [0.29, 0.717) is 6.04 Å². The van der Waals surface area contributed by atoms with Crippen LogP contribution in [0.5, 0.6) is 0 Å². The van der Waals surface area contributed by atoms with Crippen molar-refractivity contribution in [2.45, 2.75) is 46.1 Å². The van der Waals surface area contributed by atoms with Gasteiger partial charge in [-0.1, -0.05) is 20.8 Å². The van der Waals surface area contributed by atoms with Crippen molar-refractivity contribution in [2.75, 3.05) is 39.9 Å². The lowest BCUT2D eigenvalue weighted by molar-refractivity contribution is 0.121. The maximum atomic E-state index is 5.58. The van der Waals surface area contributed by atoms with Crippen molar-refractivity contribution in [1.29, 1.82) is 0 Å². The van der Waals surface area contributed by atoms with E-state index in [1.54, 1.807) is 0 Å². The van der Waals surface area contributed by atoms with Crippen molar-refractivity contribution in [2.24, 2.45) is 0 Å². The molecule has 0 saturated carbocycles. The van der Waals surface area contributed by atoms with Crippen molar-refractivity contribution in [3.8, 4) is 0 Å². The summed E-state index contributed by atoms with van der Waals surface area (Å²) in [5, 5.41) is 3.38. The zero-order valence-corrected chi connectivity index (χ0v) is 11.6. The second kappa shape index (κ2) is 11.4. The number of hydrogen-bond donors (Lipinski definition) is 1. The predicted molar refractivity (Wildman–Crippen MR) is 71.0 cm³/mol. The van der Waals surface area contributed by atoms with Gasteiger partial charge < -0.3 is 15.0 Å². The molecule has 0 heterocycles. The molecule has 0 aromatic carbocycles. The summed E-state index contributed by atoms with van der Waals surface area (Å²) in [4.78, 5) is 2.36. The third-order valence-electron chi connectivity index (χ3n) is 2.45. The van der Waals surface area contributed by atoms with Crippen LogP contribution in [0, 0.1) is 0 Å². The molecule has 3 nitrogen and oxygen atoms in total. The van der Waals surface area contributed by atoms with Crippen molar-refractivity contribution >= 4 is 0 Å². The van der Waals surface area contributed by atoms with E-state index in [-0.39, 0.29) is 0 Å². The first-order valence-electron chi connectivity index (χ1n) is 6.66. The molecule has 0 rings (SSSR count). The molecule has 0 aliphatic rings. The fourth-order valence-corrected chi connectivity index (χ4v) is 1.60. The number of ether oxygens (including phenoxy) is 1. The van der Waals surface area contributed by atoms with Gasteiger partial charge in [0.1, 0.15) is 0 Å². The fraction of sp³-hybridized carbons (Fsp3) is 1.00. The Balaban J connectivity index is 3.04. The quantitative estimate of drug-likeness (QED) is 0.550. The van der Waals surface area contributed by atoms with E-state index in [4.69, 9.17) is 4.74 Å². The Morgan fingerprint density at radius 3 is 2.44 bits per heavy atom. The van der Waals surface area contributed by atoms with Gasteiger partial charge in [-0.2, -0.15) is 0 Å². The van der Waals surface area contributed by atoms with E-state index >= 15 is 0 Å². The fourth-order valence-electron chi connectivity index (χ4n) is 1.60. The summed E-state index contributed by atoms with van der Waals surface area (Å²) in [6.45, 7) is 11.8. The van der Waals surface area contributed by atoms with Gasteiger partial charge in [0, 0.05) is 25.8 Å².